The summed E-state index contributed by atoms with van der Waals surface area (Å²) in [7, 11) is 0. The van der Waals surface area contributed by atoms with Crippen LogP contribution in [0.2, 0.25) is 0 Å². The van der Waals surface area contributed by atoms with E-state index in [-0.39, 0.29) is 6.29 Å². The van der Waals surface area contributed by atoms with E-state index in [0.717, 1.165) is 22.6 Å². The molecule has 1 unspecified atom stereocenters. The van der Waals surface area contributed by atoms with Gasteiger partial charge in [-0.25, -0.2) is 0 Å². The average molecular weight is 227 g/mol. The highest BCUT2D eigenvalue weighted by atomic mass is 16.7. The number of hydrogen-bond donors (Lipinski definition) is 1. The van der Waals surface area contributed by atoms with E-state index < -0.39 is 0 Å². The lowest BCUT2D eigenvalue weighted by molar-refractivity contribution is 0.0487. The zero-order valence-electron chi connectivity index (χ0n) is 9.30. The molecule has 17 heavy (non-hydrogen) atoms. The van der Waals surface area contributed by atoms with Crippen LogP contribution < -0.4 is 15.2 Å². The summed E-state index contributed by atoms with van der Waals surface area (Å²) < 4.78 is 11.5. The van der Waals surface area contributed by atoms with Crippen molar-refractivity contribution in [3.8, 4) is 11.5 Å². The molecule has 86 valence electrons. The van der Waals surface area contributed by atoms with Gasteiger partial charge in [-0.05, 0) is 17.7 Å². The maximum absolute atomic E-state index is 5.76. The van der Waals surface area contributed by atoms with Gasteiger partial charge in [-0.2, -0.15) is 0 Å². The van der Waals surface area contributed by atoms with E-state index in [4.69, 9.17) is 15.2 Å². The minimum Gasteiger partial charge on any atom is -0.447 e. The van der Waals surface area contributed by atoms with Crippen molar-refractivity contribution < 1.29 is 9.47 Å². The number of hydrogen-bond acceptors (Lipinski definition) is 3. The first-order valence-electron chi connectivity index (χ1n) is 5.58. The molecule has 0 amide bonds. The van der Waals surface area contributed by atoms with E-state index >= 15 is 0 Å². The number of nitrogens with two attached hydrogens (primary N) is 1. The summed E-state index contributed by atoms with van der Waals surface area (Å²) in [4.78, 5) is 0. The summed E-state index contributed by atoms with van der Waals surface area (Å²) in [6.45, 7) is 0.507. The molecule has 0 bridgehead atoms. The Balaban J connectivity index is 1.88. The second kappa shape index (κ2) is 4.11. The Kier molecular flexibility index (Phi) is 2.46. The number of benzene rings is 2. The summed E-state index contributed by atoms with van der Waals surface area (Å²) >= 11 is 0. The van der Waals surface area contributed by atoms with Crippen LogP contribution in [0, 0.1) is 0 Å². The van der Waals surface area contributed by atoms with Crippen LogP contribution >= 0.6 is 0 Å². The summed E-state index contributed by atoms with van der Waals surface area (Å²) in [5, 5.41) is 0. The monoisotopic (exact) mass is 227 g/mol. The minimum absolute atomic E-state index is 0.348. The van der Waals surface area contributed by atoms with Crippen LogP contribution in [0.15, 0.2) is 48.5 Å². The van der Waals surface area contributed by atoms with Crippen molar-refractivity contribution >= 4 is 0 Å². The van der Waals surface area contributed by atoms with Crippen LogP contribution in [0.5, 0.6) is 11.5 Å². The second-order valence-corrected chi connectivity index (χ2v) is 3.96. The predicted molar refractivity (Wildman–Crippen MR) is 64.8 cm³/mol. The van der Waals surface area contributed by atoms with Crippen molar-refractivity contribution in [1.29, 1.82) is 0 Å². The lowest BCUT2D eigenvalue weighted by atomic mass is 10.2. The average Bonchev–Trinajstić information content (AvgIpc) is 2.82. The van der Waals surface area contributed by atoms with Gasteiger partial charge in [0, 0.05) is 12.1 Å². The number of rotatable bonds is 2. The molecule has 0 aliphatic carbocycles. The minimum atomic E-state index is -0.348. The molecule has 2 aromatic carbocycles. The van der Waals surface area contributed by atoms with Gasteiger partial charge in [0.15, 0.2) is 11.5 Å². The third-order valence-corrected chi connectivity index (χ3v) is 2.78. The third-order valence-electron chi connectivity index (χ3n) is 2.78. The summed E-state index contributed by atoms with van der Waals surface area (Å²) in [6.07, 6.45) is -0.348. The van der Waals surface area contributed by atoms with E-state index in [9.17, 15) is 0 Å². The Bertz CT molecular complexity index is 525. The van der Waals surface area contributed by atoms with Gasteiger partial charge in [-0.15, -0.1) is 0 Å². The van der Waals surface area contributed by atoms with Crippen LogP contribution in [0.25, 0.3) is 0 Å². The molecule has 3 heteroatoms. The van der Waals surface area contributed by atoms with Gasteiger partial charge in [0.25, 0.3) is 6.29 Å². The van der Waals surface area contributed by atoms with E-state index in [1.165, 1.54) is 0 Å². The fourth-order valence-corrected chi connectivity index (χ4v) is 1.87. The Hall–Kier alpha value is -2.00. The molecule has 0 saturated heterocycles. The molecule has 3 rings (SSSR count). The van der Waals surface area contributed by atoms with Crippen molar-refractivity contribution in [2.24, 2.45) is 5.73 Å². The molecule has 3 nitrogen and oxygen atoms in total. The van der Waals surface area contributed by atoms with E-state index in [1.807, 2.05) is 48.5 Å². The molecule has 1 aliphatic rings. The summed E-state index contributed by atoms with van der Waals surface area (Å²) in [5.74, 6) is 1.54. The molecule has 0 radical (unpaired) electrons. The molecule has 0 aromatic heterocycles. The zero-order valence-corrected chi connectivity index (χ0v) is 9.30. The van der Waals surface area contributed by atoms with Crippen LogP contribution in [-0.2, 0) is 6.54 Å². The summed E-state index contributed by atoms with van der Waals surface area (Å²) in [5.41, 5.74) is 7.65. The third kappa shape index (κ3) is 1.85. The summed E-state index contributed by atoms with van der Waals surface area (Å²) in [6, 6.07) is 15.7. The molecule has 1 heterocycles. The fourth-order valence-electron chi connectivity index (χ4n) is 1.87. The number of fused-ring (bicyclic) bond motifs is 1. The van der Waals surface area contributed by atoms with Gasteiger partial charge in [-0.1, -0.05) is 36.4 Å². The van der Waals surface area contributed by atoms with Gasteiger partial charge < -0.3 is 15.2 Å². The molecule has 1 atom stereocenters. The van der Waals surface area contributed by atoms with Gasteiger partial charge in [0.05, 0.1) is 0 Å². The van der Waals surface area contributed by atoms with Gasteiger partial charge in [0.2, 0.25) is 0 Å². The van der Waals surface area contributed by atoms with Gasteiger partial charge in [-0.3, -0.25) is 0 Å². The highest BCUT2D eigenvalue weighted by Gasteiger charge is 2.25. The molecule has 1 aliphatic heterocycles. The van der Waals surface area contributed by atoms with Gasteiger partial charge in [0.1, 0.15) is 0 Å². The molecule has 2 aromatic rings. The quantitative estimate of drug-likeness (QED) is 0.857. The normalized spacial score (nSPS) is 17.1. The van der Waals surface area contributed by atoms with Crippen molar-refractivity contribution in [2.45, 2.75) is 12.8 Å². The van der Waals surface area contributed by atoms with Crippen LogP contribution in [0.1, 0.15) is 17.4 Å². The van der Waals surface area contributed by atoms with Crippen molar-refractivity contribution in [3.05, 3.63) is 59.7 Å². The Labute approximate surface area is 99.8 Å². The molecular weight excluding hydrogens is 214 g/mol. The highest BCUT2D eigenvalue weighted by Crippen LogP contribution is 2.40. The lowest BCUT2D eigenvalue weighted by Gasteiger charge is -2.09. The second-order valence-electron chi connectivity index (χ2n) is 3.96. The van der Waals surface area contributed by atoms with Crippen LogP contribution in [0.3, 0.4) is 0 Å². The van der Waals surface area contributed by atoms with E-state index in [1.54, 1.807) is 0 Å². The Morgan fingerprint density at radius 1 is 0.941 bits per heavy atom. The first-order chi connectivity index (χ1) is 8.36. The molecule has 2 N–H and O–H groups in total. The van der Waals surface area contributed by atoms with E-state index in [0.29, 0.717) is 6.54 Å². The first kappa shape index (κ1) is 10.2. The van der Waals surface area contributed by atoms with Crippen molar-refractivity contribution in [2.75, 3.05) is 0 Å². The molecule has 0 spiro atoms. The topological polar surface area (TPSA) is 44.5 Å². The van der Waals surface area contributed by atoms with Crippen LogP contribution in [0.4, 0.5) is 0 Å². The smallest absolute Gasteiger partial charge is 0.267 e. The maximum atomic E-state index is 5.76. The zero-order chi connectivity index (χ0) is 11.7. The highest BCUT2D eigenvalue weighted by molar-refractivity contribution is 5.45. The number of ether oxygens (including phenoxy) is 2. The van der Waals surface area contributed by atoms with Crippen molar-refractivity contribution in [3.63, 3.8) is 0 Å². The Morgan fingerprint density at radius 3 is 2.47 bits per heavy atom. The SMILES string of the molecule is NCc1ccc2c(c1)OC(c1ccccc1)O2. The first-order valence-corrected chi connectivity index (χ1v) is 5.58. The molecular formula is C14H13NO2. The Morgan fingerprint density at radius 2 is 1.71 bits per heavy atom. The van der Waals surface area contributed by atoms with Crippen LogP contribution in [-0.4, -0.2) is 0 Å². The molecule has 0 saturated carbocycles. The van der Waals surface area contributed by atoms with E-state index in [2.05, 4.69) is 0 Å². The standard InChI is InChI=1S/C14H13NO2/c15-9-10-6-7-12-13(8-10)17-14(16-12)11-4-2-1-3-5-11/h1-8,14H,9,15H2. The molecule has 0 fully saturated rings. The fraction of sp³-hybridized carbons (Fsp3) is 0.143. The van der Waals surface area contributed by atoms with Gasteiger partial charge >= 0.3 is 0 Å². The predicted octanol–water partition coefficient (Wildman–Crippen LogP) is 2.62. The largest absolute Gasteiger partial charge is 0.447 e. The maximum Gasteiger partial charge on any atom is 0.267 e. The lowest BCUT2D eigenvalue weighted by Crippen LogP contribution is -2.07. The van der Waals surface area contributed by atoms with Crippen molar-refractivity contribution in [1.82, 2.24) is 0 Å².